The summed E-state index contributed by atoms with van der Waals surface area (Å²) in [5, 5.41) is 12.2. The van der Waals surface area contributed by atoms with E-state index < -0.39 is 5.60 Å². The molecule has 0 aliphatic rings. The van der Waals surface area contributed by atoms with Crippen LogP contribution in [0.5, 0.6) is 0 Å². The Kier molecular flexibility index (Phi) is 4.52. The average molecular weight is 351 g/mol. The van der Waals surface area contributed by atoms with Crippen LogP contribution < -0.4 is 5.32 Å². The van der Waals surface area contributed by atoms with Gasteiger partial charge in [0.05, 0.1) is 5.60 Å². The standard InChI is InChI=1S/C11H13Br2NO2/c1-11(2,16)6-14-10(15)7-3-8(12)5-9(13)4-7/h3-5,16H,6H2,1-2H3,(H,14,15). The number of nitrogens with one attached hydrogen (secondary N) is 1. The van der Waals surface area contributed by atoms with Crippen molar-refractivity contribution >= 4 is 37.8 Å². The molecule has 16 heavy (non-hydrogen) atoms. The first-order chi connectivity index (χ1) is 7.28. The number of hydrogen-bond donors (Lipinski definition) is 2. The smallest absolute Gasteiger partial charge is 0.251 e. The minimum atomic E-state index is -0.904. The Morgan fingerprint density at radius 2 is 1.81 bits per heavy atom. The minimum absolute atomic E-state index is 0.205. The van der Waals surface area contributed by atoms with Gasteiger partial charge in [0, 0.05) is 21.1 Å². The van der Waals surface area contributed by atoms with Crippen LogP contribution in [0.25, 0.3) is 0 Å². The Labute approximate surface area is 111 Å². The molecule has 0 radical (unpaired) electrons. The quantitative estimate of drug-likeness (QED) is 0.880. The van der Waals surface area contributed by atoms with Gasteiger partial charge in [0.15, 0.2) is 0 Å². The number of carbonyl (C=O) groups excluding carboxylic acids is 1. The molecule has 0 aliphatic heterocycles. The highest BCUT2D eigenvalue weighted by molar-refractivity contribution is 9.11. The summed E-state index contributed by atoms with van der Waals surface area (Å²) in [4.78, 5) is 11.7. The van der Waals surface area contributed by atoms with E-state index in [9.17, 15) is 9.90 Å². The summed E-state index contributed by atoms with van der Waals surface area (Å²) in [5.74, 6) is -0.205. The van der Waals surface area contributed by atoms with Crippen molar-refractivity contribution in [3.63, 3.8) is 0 Å². The molecule has 5 heteroatoms. The molecule has 0 spiro atoms. The summed E-state index contributed by atoms with van der Waals surface area (Å²) in [7, 11) is 0. The van der Waals surface area contributed by atoms with Gasteiger partial charge in [-0.2, -0.15) is 0 Å². The van der Waals surface area contributed by atoms with Crippen LogP contribution in [0.3, 0.4) is 0 Å². The van der Waals surface area contributed by atoms with Gasteiger partial charge in [-0.1, -0.05) is 31.9 Å². The molecule has 0 heterocycles. The fraction of sp³-hybridized carbons (Fsp3) is 0.364. The molecule has 1 aromatic rings. The van der Waals surface area contributed by atoms with E-state index in [4.69, 9.17) is 0 Å². The number of amides is 1. The molecule has 88 valence electrons. The lowest BCUT2D eigenvalue weighted by Crippen LogP contribution is -2.38. The van der Waals surface area contributed by atoms with Crippen LogP contribution in [0.15, 0.2) is 27.1 Å². The molecule has 0 saturated heterocycles. The fourth-order valence-electron chi connectivity index (χ4n) is 1.08. The van der Waals surface area contributed by atoms with Gasteiger partial charge < -0.3 is 10.4 Å². The number of hydrogen-bond acceptors (Lipinski definition) is 2. The zero-order valence-electron chi connectivity index (χ0n) is 9.05. The molecule has 0 saturated carbocycles. The van der Waals surface area contributed by atoms with Crippen LogP contribution in [-0.4, -0.2) is 23.2 Å². The first-order valence-corrected chi connectivity index (χ1v) is 6.33. The summed E-state index contributed by atoms with van der Waals surface area (Å²) < 4.78 is 1.66. The molecule has 0 aromatic heterocycles. The highest BCUT2D eigenvalue weighted by atomic mass is 79.9. The van der Waals surface area contributed by atoms with E-state index >= 15 is 0 Å². The van der Waals surface area contributed by atoms with E-state index in [0.29, 0.717) is 5.56 Å². The Balaban J connectivity index is 2.73. The number of benzene rings is 1. The predicted octanol–water partition coefficient (Wildman–Crippen LogP) is 2.71. The van der Waals surface area contributed by atoms with E-state index in [2.05, 4.69) is 37.2 Å². The molecule has 0 aliphatic carbocycles. The van der Waals surface area contributed by atoms with Crippen LogP contribution in [0.2, 0.25) is 0 Å². The van der Waals surface area contributed by atoms with Crippen molar-refractivity contribution in [2.75, 3.05) is 6.54 Å². The van der Waals surface area contributed by atoms with E-state index in [1.54, 1.807) is 26.0 Å². The highest BCUT2D eigenvalue weighted by Crippen LogP contribution is 2.20. The molecule has 0 unspecified atom stereocenters. The van der Waals surface area contributed by atoms with Gasteiger partial charge in [0.25, 0.3) is 5.91 Å². The fourth-order valence-corrected chi connectivity index (χ4v) is 2.38. The van der Waals surface area contributed by atoms with Crippen molar-refractivity contribution < 1.29 is 9.90 Å². The van der Waals surface area contributed by atoms with E-state index in [-0.39, 0.29) is 12.5 Å². The third-order valence-corrected chi connectivity index (χ3v) is 2.72. The van der Waals surface area contributed by atoms with Crippen LogP contribution >= 0.6 is 31.9 Å². The number of aliphatic hydroxyl groups is 1. The summed E-state index contributed by atoms with van der Waals surface area (Å²) in [6, 6.07) is 5.31. The molecule has 0 fully saturated rings. The van der Waals surface area contributed by atoms with Gasteiger partial charge in [-0.3, -0.25) is 4.79 Å². The Morgan fingerprint density at radius 3 is 2.25 bits per heavy atom. The van der Waals surface area contributed by atoms with Gasteiger partial charge in [-0.15, -0.1) is 0 Å². The third-order valence-electron chi connectivity index (χ3n) is 1.81. The lowest BCUT2D eigenvalue weighted by atomic mass is 10.1. The number of rotatable bonds is 3. The predicted molar refractivity (Wildman–Crippen MR) is 70.5 cm³/mol. The van der Waals surface area contributed by atoms with E-state index in [1.165, 1.54) is 0 Å². The molecule has 2 N–H and O–H groups in total. The maximum atomic E-state index is 11.7. The molecule has 0 atom stereocenters. The zero-order valence-corrected chi connectivity index (χ0v) is 12.2. The van der Waals surface area contributed by atoms with Gasteiger partial charge >= 0.3 is 0 Å². The Hall–Kier alpha value is -0.390. The van der Waals surface area contributed by atoms with E-state index in [1.807, 2.05) is 6.07 Å². The van der Waals surface area contributed by atoms with Crippen LogP contribution in [0, 0.1) is 0 Å². The average Bonchev–Trinajstić information content (AvgIpc) is 2.11. The maximum Gasteiger partial charge on any atom is 0.251 e. The summed E-state index contributed by atoms with van der Waals surface area (Å²) in [6.07, 6.45) is 0. The molecule has 3 nitrogen and oxygen atoms in total. The molecule has 1 rings (SSSR count). The zero-order chi connectivity index (χ0) is 12.3. The van der Waals surface area contributed by atoms with Crippen molar-refractivity contribution in [3.8, 4) is 0 Å². The lowest BCUT2D eigenvalue weighted by Gasteiger charge is -2.17. The van der Waals surface area contributed by atoms with Crippen molar-refractivity contribution in [1.82, 2.24) is 5.32 Å². The van der Waals surface area contributed by atoms with Gasteiger partial charge in [-0.25, -0.2) is 0 Å². The molecular weight excluding hydrogens is 338 g/mol. The molecule has 1 amide bonds. The second-order valence-corrected chi connectivity index (χ2v) is 5.98. The van der Waals surface area contributed by atoms with Gasteiger partial charge in [0.1, 0.15) is 0 Å². The van der Waals surface area contributed by atoms with Crippen molar-refractivity contribution in [2.45, 2.75) is 19.4 Å². The number of carbonyl (C=O) groups is 1. The Bertz CT molecular complexity index is 379. The van der Waals surface area contributed by atoms with Gasteiger partial charge in [0.2, 0.25) is 0 Å². The van der Waals surface area contributed by atoms with Crippen LogP contribution in [0.4, 0.5) is 0 Å². The monoisotopic (exact) mass is 349 g/mol. The summed E-state index contributed by atoms with van der Waals surface area (Å²) in [6.45, 7) is 3.50. The van der Waals surface area contributed by atoms with Crippen LogP contribution in [-0.2, 0) is 0 Å². The lowest BCUT2D eigenvalue weighted by molar-refractivity contribution is 0.0694. The second-order valence-electron chi connectivity index (χ2n) is 4.15. The van der Waals surface area contributed by atoms with Gasteiger partial charge in [-0.05, 0) is 32.0 Å². The number of halogens is 2. The summed E-state index contributed by atoms with van der Waals surface area (Å²) in [5.41, 5.74) is -0.357. The van der Waals surface area contributed by atoms with Crippen LogP contribution in [0.1, 0.15) is 24.2 Å². The first kappa shape index (κ1) is 13.7. The Morgan fingerprint density at radius 1 is 1.31 bits per heavy atom. The minimum Gasteiger partial charge on any atom is -0.389 e. The van der Waals surface area contributed by atoms with E-state index in [0.717, 1.165) is 8.95 Å². The molecule has 0 bridgehead atoms. The molecular formula is C11H13Br2NO2. The molecule has 1 aromatic carbocycles. The summed E-state index contributed by atoms with van der Waals surface area (Å²) >= 11 is 6.62. The largest absolute Gasteiger partial charge is 0.389 e. The normalized spacial score (nSPS) is 11.3. The van der Waals surface area contributed by atoms with Crippen molar-refractivity contribution in [3.05, 3.63) is 32.7 Å². The first-order valence-electron chi connectivity index (χ1n) is 4.74. The SMILES string of the molecule is CC(C)(O)CNC(=O)c1cc(Br)cc(Br)c1. The topological polar surface area (TPSA) is 49.3 Å². The third kappa shape index (κ3) is 4.63. The van der Waals surface area contributed by atoms with Crippen molar-refractivity contribution in [2.24, 2.45) is 0 Å². The maximum absolute atomic E-state index is 11.7. The highest BCUT2D eigenvalue weighted by Gasteiger charge is 2.15. The second kappa shape index (κ2) is 5.29. The van der Waals surface area contributed by atoms with Crippen molar-refractivity contribution in [1.29, 1.82) is 0 Å².